The van der Waals surface area contributed by atoms with E-state index in [2.05, 4.69) is 10.0 Å². The quantitative estimate of drug-likeness (QED) is 0.843. The predicted octanol–water partition coefficient (Wildman–Crippen LogP) is 2.01. The summed E-state index contributed by atoms with van der Waals surface area (Å²) < 4.78 is 52.8. The van der Waals surface area contributed by atoms with E-state index in [1.165, 1.54) is 13.8 Å². The standard InChI is InChI=1S/C12H18F2N2O2S/c1-4-15-7-9(3)19(17,18)16-12-6-10(13)8(2)5-11(12)14/h5-6,9,15-16H,4,7H2,1-3H3. The Labute approximate surface area is 112 Å². The molecule has 0 bridgehead atoms. The van der Waals surface area contributed by atoms with Gasteiger partial charge >= 0.3 is 0 Å². The minimum atomic E-state index is -3.76. The Morgan fingerprint density at radius 1 is 1.26 bits per heavy atom. The summed E-state index contributed by atoms with van der Waals surface area (Å²) in [4.78, 5) is 0. The molecule has 1 aromatic rings. The fourth-order valence-corrected chi connectivity index (χ4v) is 2.44. The predicted molar refractivity (Wildman–Crippen MR) is 71.6 cm³/mol. The maximum Gasteiger partial charge on any atom is 0.236 e. The van der Waals surface area contributed by atoms with Crippen molar-refractivity contribution in [3.8, 4) is 0 Å². The first-order valence-electron chi connectivity index (χ1n) is 5.96. The number of benzene rings is 1. The van der Waals surface area contributed by atoms with Gasteiger partial charge in [0.2, 0.25) is 10.0 Å². The van der Waals surface area contributed by atoms with Crippen LogP contribution in [-0.4, -0.2) is 26.8 Å². The van der Waals surface area contributed by atoms with Gasteiger partial charge in [-0.25, -0.2) is 17.2 Å². The van der Waals surface area contributed by atoms with Crippen LogP contribution in [0.1, 0.15) is 19.4 Å². The van der Waals surface area contributed by atoms with E-state index in [0.717, 1.165) is 12.1 Å². The van der Waals surface area contributed by atoms with Gasteiger partial charge in [0.05, 0.1) is 10.9 Å². The third kappa shape index (κ3) is 4.14. The number of sulfonamides is 1. The summed E-state index contributed by atoms with van der Waals surface area (Å²) in [5.41, 5.74) is -0.243. The molecule has 1 unspecified atom stereocenters. The maximum absolute atomic E-state index is 13.6. The van der Waals surface area contributed by atoms with Gasteiger partial charge in [0.25, 0.3) is 0 Å². The lowest BCUT2D eigenvalue weighted by atomic mass is 10.2. The van der Waals surface area contributed by atoms with Crippen LogP contribution in [0.5, 0.6) is 0 Å². The first-order valence-corrected chi connectivity index (χ1v) is 7.50. The fourth-order valence-electron chi connectivity index (χ4n) is 1.44. The molecule has 0 aliphatic carbocycles. The zero-order valence-electron chi connectivity index (χ0n) is 11.1. The Bertz CT molecular complexity index is 547. The van der Waals surface area contributed by atoms with Gasteiger partial charge in [-0.2, -0.15) is 0 Å². The number of nitrogens with one attached hydrogen (secondary N) is 2. The molecule has 1 rings (SSSR count). The number of anilines is 1. The molecule has 0 radical (unpaired) electrons. The van der Waals surface area contributed by atoms with Crippen LogP contribution in [0.25, 0.3) is 0 Å². The highest BCUT2D eigenvalue weighted by molar-refractivity contribution is 7.93. The summed E-state index contributed by atoms with van der Waals surface area (Å²) >= 11 is 0. The Morgan fingerprint density at radius 3 is 2.47 bits per heavy atom. The molecule has 0 aliphatic heterocycles. The monoisotopic (exact) mass is 292 g/mol. The molecule has 1 atom stereocenters. The Hall–Kier alpha value is -1.21. The van der Waals surface area contributed by atoms with Crippen LogP contribution in [0.3, 0.4) is 0 Å². The summed E-state index contributed by atoms with van der Waals surface area (Å²) in [6.45, 7) is 5.62. The van der Waals surface area contributed by atoms with Gasteiger partial charge in [0.15, 0.2) is 0 Å². The van der Waals surface area contributed by atoms with Crippen LogP contribution >= 0.6 is 0 Å². The van der Waals surface area contributed by atoms with Crippen molar-refractivity contribution in [3.05, 3.63) is 29.3 Å². The van der Waals surface area contributed by atoms with Gasteiger partial charge in [0.1, 0.15) is 11.6 Å². The third-order valence-corrected chi connectivity index (χ3v) is 4.44. The zero-order chi connectivity index (χ0) is 14.6. The Balaban J connectivity index is 2.92. The molecule has 0 aliphatic rings. The van der Waals surface area contributed by atoms with Crippen LogP contribution in [0.15, 0.2) is 12.1 Å². The lowest BCUT2D eigenvalue weighted by Gasteiger charge is -2.15. The number of hydrogen-bond acceptors (Lipinski definition) is 3. The smallest absolute Gasteiger partial charge is 0.236 e. The SMILES string of the molecule is CCNCC(C)S(=O)(=O)Nc1cc(F)c(C)cc1F. The largest absolute Gasteiger partial charge is 0.316 e. The maximum atomic E-state index is 13.6. The number of aryl methyl sites for hydroxylation is 1. The van der Waals surface area contributed by atoms with E-state index in [-0.39, 0.29) is 17.8 Å². The van der Waals surface area contributed by atoms with E-state index >= 15 is 0 Å². The van der Waals surface area contributed by atoms with Crippen molar-refractivity contribution >= 4 is 15.7 Å². The second kappa shape index (κ2) is 6.29. The zero-order valence-corrected chi connectivity index (χ0v) is 11.9. The van der Waals surface area contributed by atoms with E-state index in [1.54, 1.807) is 0 Å². The van der Waals surface area contributed by atoms with Gasteiger partial charge in [-0.15, -0.1) is 0 Å². The Morgan fingerprint density at radius 2 is 1.89 bits per heavy atom. The van der Waals surface area contributed by atoms with Gasteiger partial charge < -0.3 is 5.32 Å². The van der Waals surface area contributed by atoms with Crippen molar-refractivity contribution in [2.24, 2.45) is 0 Å². The van der Waals surface area contributed by atoms with Crippen molar-refractivity contribution in [2.45, 2.75) is 26.0 Å². The average molecular weight is 292 g/mol. The van der Waals surface area contributed by atoms with Crippen molar-refractivity contribution in [2.75, 3.05) is 17.8 Å². The number of halogens is 2. The van der Waals surface area contributed by atoms with Gasteiger partial charge in [-0.1, -0.05) is 6.92 Å². The lowest BCUT2D eigenvalue weighted by Crippen LogP contribution is -2.34. The molecule has 0 saturated carbocycles. The summed E-state index contributed by atoms with van der Waals surface area (Å²) in [5.74, 6) is -1.45. The molecule has 2 N–H and O–H groups in total. The molecule has 0 spiro atoms. The first kappa shape index (κ1) is 15.8. The molecule has 0 aromatic heterocycles. The van der Waals surface area contributed by atoms with Gasteiger partial charge in [-0.3, -0.25) is 4.72 Å². The molecule has 108 valence electrons. The molecule has 1 aromatic carbocycles. The van der Waals surface area contributed by atoms with E-state index < -0.39 is 26.9 Å². The molecule has 19 heavy (non-hydrogen) atoms. The molecule has 4 nitrogen and oxygen atoms in total. The first-order chi connectivity index (χ1) is 8.77. The summed E-state index contributed by atoms with van der Waals surface area (Å²) in [7, 11) is -3.76. The molecule has 0 saturated heterocycles. The van der Waals surface area contributed by atoms with Crippen LogP contribution < -0.4 is 10.0 Å². The summed E-state index contributed by atoms with van der Waals surface area (Å²) in [5, 5.41) is 2.13. The highest BCUT2D eigenvalue weighted by atomic mass is 32.2. The molecular formula is C12H18F2N2O2S. The van der Waals surface area contributed by atoms with Crippen LogP contribution in [0, 0.1) is 18.6 Å². The normalized spacial score (nSPS) is 13.3. The molecular weight excluding hydrogens is 274 g/mol. The molecule has 0 heterocycles. The minimum Gasteiger partial charge on any atom is -0.316 e. The average Bonchev–Trinajstić information content (AvgIpc) is 2.32. The molecule has 0 fully saturated rings. The van der Waals surface area contributed by atoms with Crippen LogP contribution in [0.2, 0.25) is 0 Å². The van der Waals surface area contributed by atoms with Crippen LogP contribution in [0.4, 0.5) is 14.5 Å². The van der Waals surface area contributed by atoms with Crippen molar-refractivity contribution < 1.29 is 17.2 Å². The fraction of sp³-hybridized carbons (Fsp3) is 0.500. The summed E-state index contributed by atoms with van der Waals surface area (Å²) in [6.07, 6.45) is 0. The minimum absolute atomic E-state index is 0.126. The lowest BCUT2D eigenvalue weighted by molar-refractivity contribution is 0.576. The van der Waals surface area contributed by atoms with E-state index in [4.69, 9.17) is 0 Å². The van der Waals surface area contributed by atoms with E-state index in [9.17, 15) is 17.2 Å². The van der Waals surface area contributed by atoms with Crippen molar-refractivity contribution in [1.82, 2.24) is 5.32 Å². The highest BCUT2D eigenvalue weighted by Crippen LogP contribution is 2.20. The molecule has 0 amide bonds. The number of rotatable bonds is 6. The van der Waals surface area contributed by atoms with Crippen LogP contribution in [-0.2, 0) is 10.0 Å². The van der Waals surface area contributed by atoms with Gasteiger partial charge in [-0.05, 0) is 32.0 Å². The number of hydrogen-bond donors (Lipinski definition) is 2. The van der Waals surface area contributed by atoms with Gasteiger partial charge in [0, 0.05) is 12.6 Å². The summed E-state index contributed by atoms with van der Waals surface area (Å²) in [6, 6.07) is 1.81. The Kier molecular flexibility index (Phi) is 5.25. The topological polar surface area (TPSA) is 58.2 Å². The second-order valence-corrected chi connectivity index (χ2v) is 6.45. The second-order valence-electron chi connectivity index (χ2n) is 4.35. The van der Waals surface area contributed by atoms with E-state index in [1.807, 2.05) is 6.92 Å². The highest BCUT2D eigenvalue weighted by Gasteiger charge is 2.22. The van der Waals surface area contributed by atoms with E-state index in [0.29, 0.717) is 6.54 Å². The van der Waals surface area contributed by atoms with Crippen molar-refractivity contribution in [3.63, 3.8) is 0 Å². The third-order valence-electron chi connectivity index (χ3n) is 2.71. The van der Waals surface area contributed by atoms with Crippen molar-refractivity contribution in [1.29, 1.82) is 0 Å². The molecule has 7 heteroatoms.